The lowest BCUT2D eigenvalue weighted by Crippen LogP contribution is -2.32. The number of hydrogen-bond donors (Lipinski definition) is 2. The van der Waals surface area contributed by atoms with Crippen LogP contribution in [0.4, 0.5) is 5.69 Å². The van der Waals surface area contributed by atoms with Gasteiger partial charge in [-0.05, 0) is 24.6 Å². The van der Waals surface area contributed by atoms with Crippen LogP contribution in [0.2, 0.25) is 0 Å². The highest BCUT2D eigenvalue weighted by atomic mass is 32.2. The van der Waals surface area contributed by atoms with E-state index in [-0.39, 0.29) is 0 Å². The van der Waals surface area contributed by atoms with Crippen LogP contribution in [0.15, 0.2) is 24.3 Å². The number of nitrogens with one attached hydrogen (secondary N) is 1. The van der Waals surface area contributed by atoms with Crippen LogP contribution in [0, 0.1) is 0 Å². The van der Waals surface area contributed by atoms with E-state index in [1.807, 2.05) is 0 Å². The monoisotopic (exact) mass is 273 g/mol. The third-order valence-electron chi connectivity index (χ3n) is 2.34. The van der Waals surface area contributed by atoms with Crippen molar-refractivity contribution in [2.45, 2.75) is 18.8 Å². The molecular weight excluding hydrogens is 258 g/mol. The molecule has 1 aromatic rings. The molecule has 1 unspecified atom stereocenters. The van der Waals surface area contributed by atoms with Crippen LogP contribution in [-0.2, 0) is 26.2 Å². The molecule has 0 aliphatic heterocycles. The van der Waals surface area contributed by atoms with Crippen molar-refractivity contribution in [3.8, 4) is 0 Å². The van der Waals surface area contributed by atoms with Crippen molar-refractivity contribution in [3.05, 3.63) is 29.8 Å². The first-order valence-electron chi connectivity index (χ1n) is 5.19. The molecular formula is C11H15NO5S. The van der Waals surface area contributed by atoms with Crippen LogP contribution in [-0.4, -0.2) is 31.9 Å². The highest BCUT2D eigenvalue weighted by Gasteiger charge is 2.27. The number of hydrogen-bond acceptors (Lipinski definition) is 4. The molecule has 0 amide bonds. The quantitative estimate of drug-likeness (QED) is 0.808. The van der Waals surface area contributed by atoms with Gasteiger partial charge in [-0.15, -0.1) is 0 Å². The zero-order valence-corrected chi connectivity index (χ0v) is 10.9. The van der Waals surface area contributed by atoms with Crippen LogP contribution in [0.5, 0.6) is 0 Å². The third-order valence-corrected chi connectivity index (χ3v) is 3.99. The fourth-order valence-corrected chi connectivity index (χ4v) is 2.13. The van der Waals surface area contributed by atoms with Gasteiger partial charge in [0.1, 0.15) is 0 Å². The molecule has 7 heteroatoms. The fourth-order valence-electron chi connectivity index (χ4n) is 1.22. The summed E-state index contributed by atoms with van der Waals surface area (Å²) in [5, 5.41) is 7.17. The average Bonchev–Trinajstić information content (AvgIpc) is 2.30. The van der Waals surface area contributed by atoms with Crippen molar-refractivity contribution in [1.29, 1.82) is 0 Å². The Kier molecular flexibility index (Phi) is 4.69. The van der Waals surface area contributed by atoms with Crippen LogP contribution in [0.1, 0.15) is 12.5 Å². The Morgan fingerprint density at radius 3 is 2.39 bits per heavy atom. The Bertz CT molecular complexity index is 509. The molecule has 0 aliphatic carbocycles. The summed E-state index contributed by atoms with van der Waals surface area (Å²) in [6, 6.07) is 6.51. The first-order valence-corrected chi connectivity index (χ1v) is 6.74. The maximum Gasteiger partial charge on any atom is 0.323 e. The number of rotatable bonds is 6. The predicted molar refractivity (Wildman–Crippen MR) is 66.8 cm³/mol. The Labute approximate surface area is 106 Å². The summed E-state index contributed by atoms with van der Waals surface area (Å²) in [6.45, 7) is 1.54. The van der Waals surface area contributed by atoms with Gasteiger partial charge in [0.15, 0.2) is 5.25 Å². The molecule has 18 heavy (non-hydrogen) atoms. The topological polar surface area (TPSA) is 92.7 Å². The molecule has 1 atom stereocenters. The lowest BCUT2D eigenvalue weighted by atomic mass is 10.2. The van der Waals surface area contributed by atoms with Gasteiger partial charge < -0.3 is 9.84 Å². The number of aliphatic carboxylic acids is 1. The van der Waals surface area contributed by atoms with Gasteiger partial charge in [-0.3, -0.25) is 9.52 Å². The second kappa shape index (κ2) is 5.83. The molecule has 0 spiro atoms. The van der Waals surface area contributed by atoms with Gasteiger partial charge >= 0.3 is 5.97 Å². The smallest absolute Gasteiger partial charge is 0.323 e. The first kappa shape index (κ1) is 14.5. The van der Waals surface area contributed by atoms with Crippen molar-refractivity contribution in [2.24, 2.45) is 0 Å². The van der Waals surface area contributed by atoms with Crippen LogP contribution in [0.3, 0.4) is 0 Å². The summed E-state index contributed by atoms with van der Waals surface area (Å²) in [5.74, 6) is -1.39. The maximum absolute atomic E-state index is 11.6. The summed E-state index contributed by atoms with van der Waals surface area (Å²) in [5.41, 5.74) is 1.22. The van der Waals surface area contributed by atoms with Crippen LogP contribution in [0.25, 0.3) is 0 Å². The third kappa shape index (κ3) is 3.71. The normalized spacial score (nSPS) is 13.0. The molecule has 0 saturated heterocycles. The van der Waals surface area contributed by atoms with E-state index in [2.05, 4.69) is 4.72 Å². The Morgan fingerprint density at radius 1 is 1.39 bits per heavy atom. The van der Waals surface area contributed by atoms with Crippen molar-refractivity contribution < 1.29 is 23.1 Å². The van der Waals surface area contributed by atoms with Gasteiger partial charge in [-0.2, -0.15) is 0 Å². The molecule has 6 nitrogen and oxygen atoms in total. The van der Waals surface area contributed by atoms with Crippen molar-refractivity contribution in [1.82, 2.24) is 0 Å². The molecule has 0 bridgehead atoms. The average molecular weight is 273 g/mol. The van der Waals surface area contributed by atoms with Gasteiger partial charge in [0, 0.05) is 12.8 Å². The predicted octanol–water partition coefficient (Wildman–Crippen LogP) is 1.05. The number of benzene rings is 1. The van der Waals surface area contributed by atoms with Gasteiger partial charge in [-0.1, -0.05) is 12.1 Å². The summed E-state index contributed by atoms with van der Waals surface area (Å²) in [7, 11) is -2.36. The minimum absolute atomic E-state index is 0.322. The standard InChI is InChI=1S/C11H15NO5S/c1-8(11(13)14)18(15,16)12-10-5-3-9(4-6-10)7-17-2/h3-6,8,12H,7H2,1-2H3,(H,13,14). The lowest BCUT2D eigenvalue weighted by Gasteiger charge is -2.11. The maximum atomic E-state index is 11.6. The van der Waals surface area contributed by atoms with E-state index in [0.717, 1.165) is 12.5 Å². The Morgan fingerprint density at radius 2 is 1.94 bits per heavy atom. The minimum Gasteiger partial charge on any atom is -0.480 e. The molecule has 0 aromatic heterocycles. The first-order chi connectivity index (χ1) is 8.36. The fraction of sp³-hybridized carbons (Fsp3) is 0.364. The summed E-state index contributed by atoms with van der Waals surface area (Å²) in [6.07, 6.45) is 0. The lowest BCUT2D eigenvalue weighted by molar-refractivity contribution is -0.136. The second-order valence-corrected chi connectivity index (χ2v) is 5.76. The molecule has 0 aliphatic rings. The second-order valence-electron chi connectivity index (χ2n) is 3.76. The Hall–Kier alpha value is -1.60. The number of carboxylic acid groups (broad SMARTS) is 1. The molecule has 100 valence electrons. The molecule has 0 fully saturated rings. The van der Waals surface area contributed by atoms with Crippen LogP contribution >= 0.6 is 0 Å². The zero-order valence-electron chi connectivity index (χ0n) is 10.1. The van der Waals surface area contributed by atoms with E-state index >= 15 is 0 Å². The van der Waals surface area contributed by atoms with E-state index in [9.17, 15) is 13.2 Å². The van der Waals surface area contributed by atoms with Gasteiger partial charge in [0.05, 0.1) is 6.61 Å². The molecule has 1 rings (SSSR count). The summed E-state index contributed by atoms with van der Waals surface area (Å²) < 4.78 is 30.4. The largest absolute Gasteiger partial charge is 0.480 e. The Balaban J connectivity index is 2.81. The van der Waals surface area contributed by atoms with Gasteiger partial charge in [-0.25, -0.2) is 8.42 Å². The van der Waals surface area contributed by atoms with Crippen molar-refractivity contribution in [2.75, 3.05) is 11.8 Å². The molecule has 0 heterocycles. The molecule has 0 radical (unpaired) electrons. The number of sulfonamides is 1. The van der Waals surface area contributed by atoms with Crippen molar-refractivity contribution >= 4 is 21.7 Å². The van der Waals surface area contributed by atoms with E-state index in [1.165, 1.54) is 0 Å². The number of ether oxygens (including phenoxy) is 1. The van der Waals surface area contributed by atoms with E-state index < -0.39 is 21.2 Å². The van der Waals surface area contributed by atoms with E-state index in [4.69, 9.17) is 9.84 Å². The molecule has 0 saturated carbocycles. The van der Waals surface area contributed by atoms with Crippen LogP contribution < -0.4 is 4.72 Å². The molecule has 1 aromatic carbocycles. The van der Waals surface area contributed by atoms with Gasteiger partial charge in [0.25, 0.3) is 0 Å². The van der Waals surface area contributed by atoms with Crippen molar-refractivity contribution in [3.63, 3.8) is 0 Å². The highest BCUT2D eigenvalue weighted by molar-refractivity contribution is 7.94. The minimum atomic E-state index is -3.92. The van der Waals surface area contributed by atoms with E-state index in [1.54, 1.807) is 31.4 Å². The SMILES string of the molecule is COCc1ccc(NS(=O)(=O)C(C)C(=O)O)cc1. The number of carbonyl (C=O) groups is 1. The van der Waals surface area contributed by atoms with Gasteiger partial charge in [0.2, 0.25) is 10.0 Å². The molecule has 2 N–H and O–H groups in total. The summed E-state index contributed by atoms with van der Waals surface area (Å²) in [4.78, 5) is 10.6. The zero-order chi connectivity index (χ0) is 13.8. The number of carboxylic acids is 1. The van der Waals surface area contributed by atoms with E-state index in [0.29, 0.717) is 12.3 Å². The highest BCUT2D eigenvalue weighted by Crippen LogP contribution is 2.14. The number of anilines is 1. The number of methoxy groups -OCH3 is 1. The summed E-state index contributed by atoms with van der Waals surface area (Å²) >= 11 is 0.